The summed E-state index contributed by atoms with van der Waals surface area (Å²) >= 11 is 7.21. The molecule has 0 aliphatic rings. The summed E-state index contributed by atoms with van der Waals surface area (Å²) < 4.78 is 0. The van der Waals surface area contributed by atoms with E-state index in [9.17, 15) is 0 Å². The summed E-state index contributed by atoms with van der Waals surface area (Å²) in [6.45, 7) is 2.25. The van der Waals surface area contributed by atoms with E-state index >= 15 is 0 Å². The van der Waals surface area contributed by atoms with Crippen LogP contribution in [0.2, 0.25) is 6.04 Å². The van der Waals surface area contributed by atoms with Crippen molar-refractivity contribution >= 4 is 28.8 Å². The maximum Gasteiger partial charge on any atom is 0.217 e. The van der Waals surface area contributed by atoms with Gasteiger partial charge in [0.05, 0.1) is 0 Å². The number of benzene rings is 2. The van der Waals surface area contributed by atoms with Crippen LogP contribution >= 0.6 is 11.1 Å². The normalized spacial score (nSPS) is 11.5. The molecule has 0 nitrogen and oxygen atoms in total. The van der Waals surface area contributed by atoms with E-state index < -0.39 is 7.38 Å². The van der Waals surface area contributed by atoms with Crippen LogP contribution in [0.15, 0.2) is 60.7 Å². The molecule has 0 amide bonds. The first kappa shape index (κ1) is 15.3. The van der Waals surface area contributed by atoms with Gasteiger partial charge in [-0.3, -0.25) is 0 Å². The van der Waals surface area contributed by atoms with Crippen molar-refractivity contribution in [1.82, 2.24) is 0 Å². The maximum atomic E-state index is 7.21. The molecule has 2 heteroatoms. The van der Waals surface area contributed by atoms with Crippen LogP contribution < -0.4 is 10.4 Å². The second kappa shape index (κ2) is 7.66. The molecule has 0 N–H and O–H groups in total. The van der Waals surface area contributed by atoms with Crippen molar-refractivity contribution in [3.8, 4) is 0 Å². The maximum absolute atomic E-state index is 7.21. The molecular formula is C18H23ClSi. The smallest absolute Gasteiger partial charge is 0.155 e. The van der Waals surface area contributed by atoms with E-state index in [1.807, 2.05) is 0 Å². The molecule has 0 radical (unpaired) electrons. The fourth-order valence-corrected chi connectivity index (χ4v) is 6.90. The predicted molar refractivity (Wildman–Crippen MR) is 92.7 cm³/mol. The van der Waals surface area contributed by atoms with E-state index in [-0.39, 0.29) is 0 Å². The highest BCUT2D eigenvalue weighted by atomic mass is 35.6. The zero-order valence-corrected chi connectivity index (χ0v) is 13.9. The van der Waals surface area contributed by atoms with Gasteiger partial charge in [-0.25, -0.2) is 0 Å². The average molecular weight is 303 g/mol. The van der Waals surface area contributed by atoms with Crippen LogP contribution in [0, 0.1) is 0 Å². The van der Waals surface area contributed by atoms with Gasteiger partial charge < -0.3 is 0 Å². The molecule has 0 fully saturated rings. The molecule has 2 aromatic carbocycles. The molecule has 0 heterocycles. The molecule has 20 heavy (non-hydrogen) atoms. The molecule has 0 atom stereocenters. The van der Waals surface area contributed by atoms with Crippen molar-refractivity contribution in [2.75, 3.05) is 0 Å². The van der Waals surface area contributed by atoms with E-state index in [1.165, 1.54) is 36.1 Å². The van der Waals surface area contributed by atoms with Crippen molar-refractivity contribution in [1.29, 1.82) is 0 Å². The van der Waals surface area contributed by atoms with Crippen LogP contribution in [0.1, 0.15) is 32.6 Å². The molecular weight excluding hydrogens is 280 g/mol. The van der Waals surface area contributed by atoms with Gasteiger partial charge in [0, 0.05) is 0 Å². The lowest BCUT2D eigenvalue weighted by molar-refractivity contribution is 0.699. The number of hydrogen-bond acceptors (Lipinski definition) is 0. The Morgan fingerprint density at radius 2 is 1.25 bits per heavy atom. The zero-order valence-electron chi connectivity index (χ0n) is 12.2. The summed E-state index contributed by atoms with van der Waals surface area (Å²) in [5, 5.41) is 2.67. The first-order valence-electron chi connectivity index (χ1n) is 7.57. The predicted octanol–water partition coefficient (Wildman–Crippen LogP) is 4.57. The lowest BCUT2D eigenvalue weighted by Gasteiger charge is -2.25. The average Bonchev–Trinajstić information content (AvgIpc) is 2.53. The molecule has 0 unspecified atom stereocenters. The van der Waals surface area contributed by atoms with Crippen molar-refractivity contribution < 1.29 is 0 Å². The number of unbranched alkanes of at least 4 members (excludes halogenated alkanes) is 3. The Balaban J connectivity index is 2.24. The van der Waals surface area contributed by atoms with E-state index in [0.29, 0.717) is 0 Å². The van der Waals surface area contributed by atoms with Gasteiger partial charge in [-0.1, -0.05) is 93.3 Å². The topological polar surface area (TPSA) is 0 Å². The second-order valence-corrected chi connectivity index (χ2v) is 10.5. The van der Waals surface area contributed by atoms with Crippen LogP contribution in [0.3, 0.4) is 0 Å². The Kier molecular flexibility index (Phi) is 5.87. The summed E-state index contributed by atoms with van der Waals surface area (Å²) in [7, 11) is -2.08. The van der Waals surface area contributed by atoms with Crippen molar-refractivity contribution in [3.05, 3.63) is 60.7 Å². The molecule has 0 saturated heterocycles. The van der Waals surface area contributed by atoms with Gasteiger partial charge in [0.15, 0.2) is 0 Å². The van der Waals surface area contributed by atoms with Crippen molar-refractivity contribution in [2.45, 2.75) is 38.7 Å². The minimum absolute atomic E-state index is 1.13. The molecule has 0 aliphatic carbocycles. The third-order valence-electron chi connectivity index (χ3n) is 3.84. The highest BCUT2D eigenvalue weighted by Gasteiger charge is 2.34. The monoisotopic (exact) mass is 302 g/mol. The van der Waals surface area contributed by atoms with Gasteiger partial charge in [0.25, 0.3) is 0 Å². The van der Waals surface area contributed by atoms with E-state index in [2.05, 4.69) is 67.6 Å². The highest BCUT2D eigenvalue weighted by molar-refractivity contribution is 7.34. The summed E-state index contributed by atoms with van der Waals surface area (Å²) in [6.07, 6.45) is 5.10. The molecule has 0 spiro atoms. The van der Waals surface area contributed by atoms with E-state index in [1.54, 1.807) is 0 Å². The SMILES string of the molecule is CCCCCC[Si](Cl)(c1ccccc1)c1ccccc1. The molecule has 0 aromatic heterocycles. The van der Waals surface area contributed by atoms with Crippen LogP contribution in [0.5, 0.6) is 0 Å². The van der Waals surface area contributed by atoms with Crippen LogP contribution in [-0.4, -0.2) is 7.38 Å². The second-order valence-electron chi connectivity index (χ2n) is 5.34. The Hall–Kier alpha value is -1.05. The third-order valence-corrected chi connectivity index (χ3v) is 9.25. The van der Waals surface area contributed by atoms with E-state index in [4.69, 9.17) is 11.1 Å². The quantitative estimate of drug-likeness (QED) is 0.399. The zero-order chi connectivity index (χ0) is 14.3. The van der Waals surface area contributed by atoms with Crippen LogP contribution in [0.4, 0.5) is 0 Å². The molecule has 0 aliphatic heterocycles. The molecule has 2 rings (SSSR count). The molecule has 2 aromatic rings. The van der Waals surface area contributed by atoms with Crippen molar-refractivity contribution in [3.63, 3.8) is 0 Å². The summed E-state index contributed by atoms with van der Waals surface area (Å²) in [5.41, 5.74) is 0. The summed E-state index contributed by atoms with van der Waals surface area (Å²) in [6, 6.07) is 22.5. The summed E-state index contributed by atoms with van der Waals surface area (Å²) in [5.74, 6) is 0. The Morgan fingerprint density at radius 3 is 1.70 bits per heavy atom. The molecule has 0 bridgehead atoms. The number of hydrogen-bond donors (Lipinski definition) is 0. The van der Waals surface area contributed by atoms with Gasteiger partial charge in [-0.2, -0.15) is 11.1 Å². The van der Waals surface area contributed by atoms with Crippen LogP contribution in [-0.2, 0) is 0 Å². The standard InChI is InChI=1S/C18H23ClSi/c1-2-3-4-11-16-20(19,17-12-7-5-8-13-17)18-14-9-6-10-15-18/h5-10,12-15H,2-4,11,16H2,1H3. The fraction of sp³-hybridized carbons (Fsp3) is 0.333. The van der Waals surface area contributed by atoms with Crippen LogP contribution in [0.25, 0.3) is 0 Å². The number of rotatable bonds is 7. The van der Waals surface area contributed by atoms with Gasteiger partial charge >= 0.3 is 0 Å². The minimum Gasteiger partial charge on any atom is -0.155 e. The molecule has 106 valence electrons. The molecule has 0 saturated carbocycles. The van der Waals surface area contributed by atoms with E-state index in [0.717, 1.165) is 6.04 Å². The van der Waals surface area contributed by atoms with Crippen molar-refractivity contribution in [2.24, 2.45) is 0 Å². The van der Waals surface area contributed by atoms with Gasteiger partial charge in [0.2, 0.25) is 7.38 Å². The van der Waals surface area contributed by atoms with Gasteiger partial charge in [-0.15, -0.1) is 0 Å². The van der Waals surface area contributed by atoms with Gasteiger partial charge in [0.1, 0.15) is 0 Å². The summed E-state index contributed by atoms with van der Waals surface area (Å²) in [4.78, 5) is 0. The lowest BCUT2D eigenvalue weighted by atomic mass is 10.2. The highest BCUT2D eigenvalue weighted by Crippen LogP contribution is 2.20. The Labute approximate surface area is 128 Å². The van der Waals surface area contributed by atoms with Gasteiger partial charge in [-0.05, 0) is 16.4 Å². The largest absolute Gasteiger partial charge is 0.217 e. The lowest BCUT2D eigenvalue weighted by Crippen LogP contribution is -2.53. The first-order chi connectivity index (χ1) is 9.77. The Morgan fingerprint density at radius 1 is 0.750 bits per heavy atom. The first-order valence-corrected chi connectivity index (χ1v) is 10.8. The minimum atomic E-state index is -2.08. The fourth-order valence-electron chi connectivity index (χ4n) is 2.66. The number of halogens is 1. The Bertz CT molecular complexity index is 456. The third kappa shape index (κ3) is 3.74.